The van der Waals surface area contributed by atoms with Crippen molar-refractivity contribution in [3.63, 3.8) is 0 Å². The molecule has 0 saturated carbocycles. The lowest BCUT2D eigenvalue weighted by atomic mass is 10.1. The molecule has 1 amide bonds. The van der Waals surface area contributed by atoms with Gasteiger partial charge in [0.1, 0.15) is 5.75 Å². The number of hydrogen-bond donors (Lipinski definition) is 1. The number of ether oxygens (including phenoxy) is 1. The lowest BCUT2D eigenvalue weighted by Gasteiger charge is -2.17. The Hall–Kier alpha value is -2.07. The summed E-state index contributed by atoms with van der Waals surface area (Å²) in [7, 11) is 3.28. The smallest absolute Gasteiger partial charge is 0.257 e. The molecule has 0 spiro atoms. The number of amides is 1. The van der Waals surface area contributed by atoms with Crippen LogP contribution < -0.4 is 0 Å². The highest BCUT2D eigenvalue weighted by Gasteiger charge is 2.16. The van der Waals surface area contributed by atoms with Crippen LogP contribution in [0.5, 0.6) is 5.75 Å². The van der Waals surface area contributed by atoms with Crippen molar-refractivity contribution in [2.24, 2.45) is 0 Å². The lowest BCUT2D eigenvalue weighted by molar-refractivity contribution is 0.0741. The van der Waals surface area contributed by atoms with Gasteiger partial charge in [-0.1, -0.05) is 24.3 Å². The number of benzene rings is 2. The molecule has 4 heteroatoms. The number of fused-ring (bicyclic) bond motifs is 1. The third-order valence-corrected chi connectivity index (χ3v) is 3.07. The molecule has 0 aliphatic rings. The number of likely N-dealkylation sites (N-methyl/N-ethyl adjacent to an activating group) is 1. The van der Waals surface area contributed by atoms with Crippen LogP contribution in [0.4, 0.5) is 0 Å². The van der Waals surface area contributed by atoms with Gasteiger partial charge in [-0.25, -0.2) is 0 Å². The molecule has 0 atom stereocenters. The van der Waals surface area contributed by atoms with Crippen molar-refractivity contribution in [1.82, 2.24) is 4.90 Å². The number of phenols is 1. The van der Waals surface area contributed by atoms with E-state index in [1.807, 2.05) is 24.3 Å². The van der Waals surface area contributed by atoms with Crippen LogP contribution >= 0.6 is 0 Å². The monoisotopic (exact) mass is 259 g/mol. The summed E-state index contributed by atoms with van der Waals surface area (Å²) in [6, 6.07) is 11.0. The van der Waals surface area contributed by atoms with E-state index in [0.29, 0.717) is 18.7 Å². The summed E-state index contributed by atoms with van der Waals surface area (Å²) in [5.41, 5.74) is 0.317. The third kappa shape index (κ3) is 2.85. The second-order valence-corrected chi connectivity index (χ2v) is 4.44. The summed E-state index contributed by atoms with van der Waals surface area (Å²) >= 11 is 0. The second-order valence-electron chi connectivity index (χ2n) is 4.44. The highest BCUT2D eigenvalue weighted by molar-refractivity contribution is 6.01. The first kappa shape index (κ1) is 13.4. The van der Waals surface area contributed by atoms with E-state index in [1.165, 1.54) is 4.90 Å². The maximum atomic E-state index is 12.2. The average Bonchev–Trinajstić information content (AvgIpc) is 2.43. The zero-order valence-electron chi connectivity index (χ0n) is 11.1. The summed E-state index contributed by atoms with van der Waals surface area (Å²) in [4.78, 5) is 13.8. The van der Waals surface area contributed by atoms with Gasteiger partial charge in [0.15, 0.2) is 0 Å². The maximum Gasteiger partial charge on any atom is 0.257 e. The molecule has 0 fully saturated rings. The van der Waals surface area contributed by atoms with Gasteiger partial charge in [-0.15, -0.1) is 0 Å². The number of nitrogens with zero attached hydrogens (tertiary/aromatic N) is 1. The van der Waals surface area contributed by atoms with Crippen LogP contribution in [0.1, 0.15) is 10.4 Å². The molecule has 0 aliphatic heterocycles. The van der Waals surface area contributed by atoms with Crippen LogP contribution in [-0.4, -0.2) is 43.2 Å². The Kier molecular flexibility index (Phi) is 4.02. The molecule has 100 valence electrons. The molecule has 0 radical (unpaired) electrons. The van der Waals surface area contributed by atoms with Crippen LogP contribution in [-0.2, 0) is 4.74 Å². The van der Waals surface area contributed by atoms with Crippen molar-refractivity contribution >= 4 is 16.7 Å². The van der Waals surface area contributed by atoms with Gasteiger partial charge in [-0.3, -0.25) is 4.79 Å². The molecule has 4 nitrogen and oxygen atoms in total. The van der Waals surface area contributed by atoms with E-state index in [1.54, 1.807) is 26.3 Å². The summed E-state index contributed by atoms with van der Waals surface area (Å²) in [5.74, 6) is -0.201. The average molecular weight is 259 g/mol. The molecule has 1 N–H and O–H groups in total. The highest BCUT2D eigenvalue weighted by Crippen LogP contribution is 2.25. The standard InChI is InChI=1S/C15H17NO3/c1-16(7-8-19-2)15(18)13-9-11-5-3-4-6-12(11)10-14(13)17/h3-6,9-10,17H,7-8H2,1-2H3. The van der Waals surface area contributed by atoms with Crippen LogP contribution in [0.3, 0.4) is 0 Å². The molecule has 2 rings (SSSR count). The molecule has 0 aromatic heterocycles. The van der Waals surface area contributed by atoms with Crippen LogP contribution in [0, 0.1) is 0 Å². The van der Waals surface area contributed by atoms with Gasteiger partial charge >= 0.3 is 0 Å². The number of carbonyl (C=O) groups excluding carboxylic acids is 1. The zero-order chi connectivity index (χ0) is 13.8. The molecule has 2 aromatic rings. The molecule has 0 heterocycles. The highest BCUT2D eigenvalue weighted by atomic mass is 16.5. The second kappa shape index (κ2) is 5.71. The lowest BCUT2D eigenvalue weighted by Crippen LogP contribution is -2.29. The van der Waals surface area contributed by atoms with Crippen molar-refractivity contribution in [2.45, 2.75) is 0 Å². The minimum Gasteiger partial charge on any atom is -0.507 e. The normalized spacial score (nSPS) is 10.6. The first-order valence-corrected chi connectivity index (χ1v) is 6.09. The van der Waals surface area contributed by atoms with Gasteiger partial charge in [-0.05, 0) is 22.9 Å². The number of aromatic hydroxyl groups is 1. The molecular formula is C15H17NO3. The Morgan fingerprint density at radius 2 is 1.89 bits per heavy atom. The zero-order valence-corrected chi connectivity index (χ0v) is 11.1. The number of phenolic OH excluding ortho intramolecular Hbond substituents is 1. The van der Waals surface area contributed by atoms with E-state index in [2.05, 4.69) is 0 Å². The van der Waals surface area contributed by atoms with Crippen LogP contribution in [0.15, 0.2) is 36.4 Å². The topological polar surface area (TPSA) is 49.8 Å². The molecule has 0 saturated heterocycles. The number of hydrogen-bond acceptors (Lipinski definition) is 3. The fourth-order valence-corrected chi connectivity index (χ4v) is 1.93. The minimum absolute atomic E-state index is 0.00738. The fraction of sp³-hybridized carbons (Fsp3) is 0.267. The van der Waals surface area contributed by atoms with Crippen molar-refractivity contribution in [1.29, 1.82) is 0 Å². The number of rotatable bonds is 4. The Morgan fingerprint density at radius 1 is 1.26 bits per heavy atom. The summed E-state index contributed by atoms with van der Waals surface area (Å²) in [5, 5.41) is 11.8. The Morgan fingerprint density at radius 3 is 2.53 bits per heavy atom. The SMILES string of the molecule is COCCN(C)C(=O)c1cc2ccccc2cc1O. The summed E-state index contributed by atoms with van der Waals surface area (Å²) in [6.45, 7) is 0.957. The predicted octanol–water partition coefficient (Wildman–Crippen LogP) is 2.26. The van der Waals surface area contributed by atoms with E-state index in [4.69, 9.17) is 4.74 Å². The fourth-order valence-electron chi connectivity index (χ4n) is 1.93. The van der Waals surface area contributed by atoms with Gasteiger partial charge < -0.3 is 14.7 Å². The van der Waals surface area contributed by atoms with E-state index in [-0.39, 0.29) is 11.7 Å². The summed E-state index contributed by atoms with van der Waals surface area (Å²) < 4.78 is 4.94. The predicted molar refractivity (Wildman–Crippen MR) is 74.4 cm³/mol. The maximum absolute atomic E-state index is 12.2. The van der Waals surface area contributed by atoms with E-state index < -0.39 is 0 Å². The number of carbonyl (C=O) groups is 1. The van der Waals surface area contributed by atoms with Gasteiger partial charge in [0.2, 0.25) is 0 Å². The molecule has 0 unspecified atom stereocenters. The molecule has 19 heavy (non-hydrogen) atoms. The van der Waals surface area contributed by atoms with Crippen LogP contribution in [0.2, 0.25) is 0 Å². The van der Waals surface area contributed by atoms with Gasteiger partial charge in [0.25, 0.3) is 5.91 Å². The third-order valence-electron chi connectivity index (χ3n) is 3.07. The minimum atomic E-state index is -0.208. The van der Waals surface area contributed by atoms with Crippen LogP contribution in [0.25, 0.3) is 10.8 Å². The van der Waals surface area contributed by atoms with E-state index >= 15 is 0 Å². The molecule has 0 bridgehead atoms. The summed E-state index contributed by atoms with van der Waals surface area (Å²) in [6.07, 6.45) is 0. The number of methoxy groups -OCH3 is 1. The van der Waals surface area contributed by atoms with Gasteiger partial charge in [0.05, 0.1) is 12.2 Å². The molecular weight excluding hydrogens is 242 g/mol. The molecule has 0 aliphatic carbocycles. The van der Waals surface area contributed by atoms with E-state index in [0.717, 1.165) is 10.8 Å². The molecule has 2 aromatic carbocycles. The Labute approximate surface area is 112 Å². The van der Waals surface area contributed by atoms with Crippen molar-refractivity contribution < 1.29 is 14.6 Å². The Balaban J connectivity index is 2.33. The van der Waals surface area contributed by atoms with Gasteiger partial charge in [0, 0.05) is 20.7 Å². The van der Waals surface area contributed by atoms with Crippen molar-refractivity contribution in [2.75, 3.05) is 27.3 Å². The first-order chi connectivity index (χ1) is 9.13. The quantitative estimate of drug-likeness (QED) is 0.916. The van der Waals surface area contributed by atoms with Gasteiger partial charge in [-0.2, -0.15) is 0 Å². The largest absolute Gasteiger partial charge is 0.507 e. The first-order valence-electron chi connectivity index (χ1n) is 6.09. The van der Waals surface area contributed by atoms with Crippen molar-refractivity contribution in [3.05, 3.63) is 42.0 Å². The Bertz CT molecular complexity index is 595. The van der Waals surface area contributed by atoms with E-state index in [9.17, 15) is 9.90 Å². The van der Waals surface area contributed by atoms with Crippen molar-refractivity contribution in [3.8, 4) is 5.75 Å².